The fourth-order valence-corrected chi connectivity index (χ4v) is 3.98. The Kier molecular flexibility index (Phi) is 6.03. The van der Waals surface area contributed by atoms with Crippen molar-refractivity contribution in [3.8, 4) is 0 Å². The third-order valence-electron chi connectivity index (χ3n) is 5.08. The molecule has 7 nitrogen and oxygen atoms in total. The fourth-order valence-electron chi connectivity index (χ4n) is 3.39. The highest BCUT2D eigenvalue weighted by Gasteiger charge is 2.21. The maximum Gasteiger partial charge on any atom is 0.229 e. The van der Waals surface area contributed by atoms with Gasteiger partial charge in [-0.15, -0.1) is 0 Å². The molecule has 156 valence electrons. The Balaban J connectivity index is 1.54. The van der Waals surface area contributed by atoms with Crippen molar-refractivity contribution in [2.45, 2.75) is 6.92 Å². The maximum absolute atomic E-state index is 4.82. The van der Waals surface area contributed by atoms with Crippen LogP contribution in [0.25, 0.3) is 0 Å². The van der Waals surface area contributed by atoms with E-state index < -0.39 is 0 Å². The summed E-state index contributed by atoms with van der Waals surface area (Å²) in [4.78, 5) is 20.6. The number of pyridine rings is 1. The Morgan fingerprint density at radius 2 is 1.73 bits per heavy atom. The molecule has 3 aromatic rings. The van der Waals surface area contributed by atoms with Crippen LogP contribution in [0.5, 0.6) is 0 Å². The van der Waals surface area contributed by atoms with Crippen molar-refractivity contribution >= 4 is 45.0 Å². The Morgan fingerprint density at radius 1 is 0.967 bits per heavy atom. The first-order valence-electron chi connectivity index (χ1n) is 10.00. The molecular weight excluding hydrogens is 442 g/mol. The number of aromatic nitrogens is 3. The summed E-state index contributed by atoms with van der Waals surface area (Å²) >= 11 is 3.64. The number of hydrogen-bond acceptors (Lipinski definition) is 7. The number of rotatable bonds is 5. The second-order valence-electron chi connectivity index (χ2n) is 7.58. The molecule has 1 aromatic carbocycles. The Morgan fingerprint density at radius 3 is 2.40 bits per heavy atom. The van der Waals surface area contributed by atoms with Gasteiger partial charge in [-0.05, 0) is 52.7 Å². The topological polar surface area (TPSA) is 60.4 Å². The van der Waals surface area contributed by atoms with Gasteiger partial charge in [-0.2, -0.15) is 9.97 Å². The van der Waals surface area contributed by atoms with Gasteiger partial charge in [-0.3, -0.25) is 0 Å². The minimum absolute atomic E-state index is 0.743. The molecule has 2 aromatic heterocycles. The van der Waals surface area contributed by atoms with Crippen LogP contribution in [0.15, 0.2) is 53.1 Å². The quantitative estimate of drug-likeness (QED) is 0.606. The summed E-state index contributed by atoms with van der Waals surface area (Å²) in [5.41, 5.74) is 2.19. The lowest BCUT2D eigenvalue weighted by Crippen LogP contribution is -2.47. The largest absolute Gasteiger partial charge is 0.363 e. The zero-order chi connectivity index (χ0) is 21.1. The van der Waals surface area contributed by atoms with Gasteiger partial charge < -0.3 is 20.0 Å². The van der Waals surface area contributed by atoms with Crippen LogP contribution in [-0.2, 0) is 0 Å². The van der Waals surface area contributed by atoms with E-state index in [4.69, 9.17) is 9.97 Å². The minimum atomic E-state index is 0.743. The third kappa shape index (κ3) is 4.64. The van der Waals surface area contributed by atoms with Crippen molar-refractivity contribution in [3.63, 3.8) is 0 Å². The zero-order valence-corrected chi connectivity index (χ0v) is 19.1. The molecule has 3 heterocycles. The third-order valence-corrected chi connectivity index (χ3v) is 5.74. The van der Waals surface area contributed by atoms with Crippen LogP contribution in [0.3, 0.4) is 0 Å². The fraction of sp³-hybridized carbons (Fsp3) is 0.318. The van der Waals surface area contributed by atoms with E-state index in [1.165, 1.54) is 5.56 Å². The van der Waals surface area contributed by atoms with Crippen LogP contribution in [-0.4, -0.2) is 55.2 Å². The van der Waals surface area contributed by atoms with Crippen LogP contribution in [0.2, 0.25) is 0 Å². The van der Waals surface area contributed by atoms with Crippen LogP contribution in [0.1, 0.15) is 5.56 Å². The molecule has 1 aliphatic heterocycles. The first kappa shape index (κ1) is 20.4. The lowest BCUT2D eigenvalue weighted by atomic mass is 10.2. The first-order chi connectivity index (χ1) is 14.5. The monoisotopic (exact) mass is 467 g/mol. The summed E-state index contributed by atoms with van der Waals surface area (Å²) in [7, 11) is 3.99. The van der Waals surface area contributed by atoms with Crippen molar-refractivity contribution in [1.82, 2.24) is 15.0 Å². The number of anilines is 5. The van der Waals surface area contributed by atoms with Gasteiger partial charge in [-0.25, -0.2) is 4.98 Å². The molecule has 0 radical (unpaired) electrons. The number of nitrogens with one attached hydrogen (secondary N) is 1. The van der Waals surface area contributed by atoms with Crippen LogP contribution >= 0.6 is 15.9 Å². The van der Waals surface area contributed by atoms with Crippen molar-refractivity contribution < 1.29 is 0 Å². The zero-order valence-electron chi connectivity index (χ0n) is 17.5. The summed E-state index contributed by atoms with van der Waals surface area (Å²) in [6, 6.07) is 14.2. The molecule has 0 atom stereocenters. The smallest absolute Gasteiger partial charge is 0.229 e. The van der Waals surface area contributed by atoms with Gasteiger partial charge in [0.1, 0.15) is 17.5 Å². The molecule has 1 aliphatic rings. The van der Waals surface area contributed by atoms with Crippen molar-refractivity contribution in [3.05, 3.63) is 58.7 Å². The number of hydrogen-bond donors (Lipinski definition) is 1. The molecule has 8 heteroatoms. The number of benzene rings is 1. The summed E-state index contributed by atoms with van der Waals surface area (Å²) in [5.74, 6) is 3.41. The van der Waals surface area contributed by atoms with Crippen LogP contribution in [0.4, 0.5) is 29.1 Å². The molecule has 0 saturated carbocycles. The van der Waals surface area contributed by atoms with Crippen molar-refractivity contribution in [2.24, 2.45) is 0 Å². The van der Waals surface area contributed by atoms with Crippen LogP contribution < -0.4 is 20.0 Å². The molecule has 0 aliphatic carbocycles. The molecule has 1 N–H and O–H groups in total. The van der Waals surface area contributed by atoms with E-state index in [0.717, 1.165) is 59.7 Å². The van der Waals surface area contributed by atoms with Gasteiger partial charge in [0, 0.05) is 57.0 Å². The molecule has 0 amide bonds. The highest BCUT2D eigenvalue weighted by Crippen LogP contribution is 2.28. The lowest BCUT2D eigenvalue weighted by Gasteiger charge is -2.35. The van der Waals surface area contributed by atoms with E-state index in [0.29, 0.717) is 0 Å². The number of aryl methyl sites for hydroxylation is 1. The summed E-state index contributed by atoms with van der Waals surface area (Å²) in [6.07, 6.45) is 1.84. The Hall–Kier alpha value is -2.87. The minimum Gasteiger partial charge on any atom is -0.363 e. The number of nitrogens with zero attached hydrogens (tertiary/aromatic N) is 6. The summed E-state index contributed by atoms with van der Waals surface area (Å²) in [6.45, 7) is 5.55. The molecule has 0 spiro atoms. The molecule has 0 unspecified atom stereocenters. The van der Waals surface area contributed by atoms with E-state index in [-0.39, 0.29) is 0 Å². The van der Waals surface area contributed by atoms with Gasteiger partial charge in [-0.1, -0.05) is 12.1 Å². The van der Waals surface area contributed by atoms with Crippen molar-refractivity contribution in [2.75, 3.05) is 60.3 Å². The van der Waals surface area contributed by atoms with Crippen LogP contribution in [0, 0.1) is 6.92 Å². The van der Waals surface area contributed by atoms with Gasteiger partial charge in [0.15, 0.2) is 0 Å². The standard InChI is InChI=1S/C22H26BrN7/c1-16-7-8-18(17(23)14-16)25-19-15-21(28(2)3)27-22(26-19)30-12-10-29(11-13-30)20-6-4-5-9-24-20/h4-9,14-15H,10-13H2,1-3H3,(H,25,26,27). The van der Waals surface area contributed by atoms with E-state index >= 15 is 0 Å². The maximum atomic E-state index is 4.82. The highest BCUT2D eigenvalue weighted by atomic mass is 79.9. The van der Waals surface area contributed by atoms with Gasteiger partial charge in [0.2, 0.25) is 5.95 Å². The van der Waals surface area contributed by atoms with Crippen molar-refractivity contribution in [1.29, 1.82) is 0 Å². The highest BCUT2D eigenvalue weighted by molar-refractivity contribution is 9.10. The van der Waals surface area contributed by atoms with E-state index in [1.807, 2.05) is 43.4 Å². The number of piperazine rings is 1. The average Bonchev–Trinajstić information content (AvgIpc) is 2.76. The summed E-state index contributed by atoms with van der Waals surface area (Å²) < 4.78 is 1.01. The SMILES string of the molecule is Cc1ccc(Nc2cc(N(C)C)nc(N3CCN(c4ccccn4)CC3)n2)c(Br)c1. The van der Waals surface area contributed by atoms with Gasteiger partial charge in [0.25, 0.3) is 0 Å². The average molecular weight is 468 g/mol. The Bertz CT molecular complexity index is 1000. The molecule has 0 bridgehead atoms. The predicted octanol–water partition coefficient (Wildman–Crippen LogP) is 4.08. The lowest BCUT2D eigenvalue weighted by molar-refractivity contribution is 0.635. The first-order valence-corrected chi connectivity index (χ1v) is 10.8. The normalized spacial score (nSPS) is 14.0. The number of halogens is 1. The predicted molar refractivity (Wildman–Crippen MR) is 127 cm³/mol. The van der Waals surface area contributed by atoms with E-state index in [1.54, 1.807) is 0 Å². The molecule has 1 fully saturated rings. The van der Waals surface area contributed by atoms with E-state index in [2.05, 4.69) is 67.2 Å². The van der Waals surface area contributed by atoms with Gasteiger partial charge >= 0.3 is 0 Å². The molecular formula is C22H26BrN7. The van der Waals surface area contributed by atoms with Gasteiger partial charge in [0.05, 0.1) is 5.69 Å². The summed E-state index contributed by atoms with van der Waals surface area (Å²) in [5, 5.41) is 3.44. The molecule has 1 saturated heterocycles. The second kappa shape index (κ2) is 8.87. The van der Waals surface area contributed by atoms with E-state index in [9.17, 15) is 0 Å². The molecule has 30 heavy (non-hydrogen) atoms. The second-order valence-corrected chi connectivity index (χ2v) is 8.43. The molecule has 4 rings (SSSR count). The Labute approximate surface area is 185 Å².